The van der Waals surface area contributed by atoms with E-state index in [-0.39, 0.29) is 6.61 Å². The number of hydrogen-bond donors (Lipinski definition) is 1. The summed E-state index contributed by atoms with van der Waals surface area (Å²) in [6.07, 6.45) is 4.60. The van der Waals surface area contributed by atoms with Crippen molar-refractivity contribution in [3.8, 4) is 0 Å². The SMILES string of the molecule is C[C@H]1CCc2sc(C(=O)OCC(=O)Nc3ccc(Cl)cn3)cc2C1. The number of rotatable bonds is 4. The van der Waals surface area contributed by atoms with Gasteiger partial charge in [-0.15, -0.1) is 11.3 Å². The van der Waals surface area contributed by atoms with Crippen LogP contribution in [0, 0.1) is 5.92 Å². The fourth-order valence-electron chi connectivity index (χ4n) is 2.64. The molecule has 0 fully saturated rings. The van der Waals surface area contributed by atoms with Crippen LogP contribution in [0.1, 0.15) is 33.5 Å². The highest BCUT2D eigenvalue weighted by atomic mass is 35.5. The number of esters is 1. The Morgan fingerprint density at radius 2 is 2.29 bits per heavy atom. The zero-order chi connectivity index (χ0) is 17.1. The number of ether oxygens (including phenoxy) is 1. The highest BCUT2D eigenvalue weighted by molar-refractivity contribution is 7.14. The number of anilines is 1. The van der Waals surface area contributed by atoms with Gasteiger partial charge in [0.05, 0.1) is 5.02 Å². The summed E-state index contributed by atoms with van der Waals surface area (Å²) in [4.78, 5) is 29.7. The molecule has 0 spiro atoms. The molecule has 3 rings (SSSR count). The summed E-state index contributed by atoms with van der Waals surface area (Å²) in [5, 5.41) is 3.03. The van der Waals surface area contributed by atoms with Gasteiger partial charge in [-0.05, 0) is 48.9 Å². The van der Waals surface area contributed by atoms with E-state index < -0.39 is 11.9 Å². The molecule has 1 N–H and O–H groups in total. The van der Waals surface area contributed by atoms with Gasteiger partial charge in [0, 0.05) is 11.1 Å². The number of nitrogens with zero attached hydrogens (tertiary/aromatic N) is 1. The Hall–Kier alpha value is -1.92. The molecule has 7 heteroatoms. The first-order valence-corrected chi connectivity index (χ1v) is 8.91. The fourth-order valence-corrected chi connectivity index (χ4v) is 3.85. The molecule has 5 nitrogen and oxygen atoms in total. The van der Waals surface area contributed by atoms with E-state index in [1.807, 2.05) is 6.07 Å². The van der Waals surface area contributed by atoms with Crippen molar-refractivity contribution in [1.82, 2.24) is 4.98 Å². The van der Waals surface area contributed by atoms with Crippen LogP contribution >= 0.6 is 22.9 Å². The number of fused-ring (bicyclic) bond motifs is 1. The smallest absolute Gasteiger partial charge is 0.348 e. The summed E-state index contributed by atoms with van der Waals surface area (Å²) >= 11 is 7.20. The summed E-state index contributed by atoms with van der Waals surface area (Å²) in [6.45, 7) is 1.87. The lowest BCUT2D eigenvalue weighted by Crippen LogP contribution is -2.21. The third-order valence-corrected chi connectivity index (χ3v) is 5.30. The molecular weight excluding hydrogens is 348 g/mol. The molecule has 0 radical (unpaired) electrons. The van der Waals surface area contributed by atoms with Crippen molar-refractivity contribution in [1.29, 1.82) is 0 Å². The topological polar surface area (TPSA) is 68.3 Å². The summed E-state index contributed by atoms with van der Waals surface area (Å²) in [5.41, 5.74) is 1.24. The van der Waals surface area contributed by atoms with Crippen LogP contribution in [0.25, 0.3) is 0 Å². The molecule has 1 amide bonds. The van der Waals surface area contributed by atoms with Crippen molar-refractivity contribution in [2.24, 2.45) is 5.92 Å². The number of pyridine rings is 1. The predicted octanol–water partition coefficient (Wildman–Crippen LogP) is 3.72. The number of aromatic nitrogens is 1. The molecule has 0 aliphatic heterocycles. The lowest BCUT2D eigenvalue weighted by Gasteiger charge is -2.16. The third-order valence-electron chi connectivity index (χ3n) is 3.86. The first-order chi connectivity index (χ1) is 11.5. The maximum absolute atomic E-state index is 12.1. The lowest BCUT2D eigenvalue weighted by atomic mass is 9.90. The van der Waals surface area contributed by atoms with Gasteiger partial charge in [0.2, 0.25) is 0 Å². The second-order valence-corrected chi connectivity index (χ2v) is 7.47. The van der Waals surface area contributed by atoms with Crippen LogP contribution in [0.4, 0.5) is 5.82 Å². The maximum atomic E-state index is 12.1. The van der Waals surface area contributed by atoms with Crippen molar-refractivity contribution >= 4 is 40.6 Å². The van der Waals surface area contributed by atoms with E-state index in [0.29, 0.717) is 21.6 Å². The Morgan fingerprint density at radius 3 is 3.04 bits per heavy atom. The maximum Gasteiger partial charge on any atom is 0.348 e. The number of carbonyl (C=O) groups is 2. The molecule has 0 aromatic carbocycles. The van der Waals surface area contributed by atoms with E-state index in [0.717, 1.165) is 19.3 Å². The largest absolute Gasteiger partial charge is 0.451 e. The molecule has 1 atom stereocenters. The van der Waals surface area contributed by atoms with Crippen LogP contribution in [-0.4, -0.2) is 23.5 Å². The van der Waals surface area contributed by atoms with Crippen LogP contribution < -0.4 is 5.32 Å². The number of carbonyl (C=O) groups excluding carboxylic acids is 2. The van der Waals surface area contributed by atoms with Crippen LogP contribution in [0.15, 0.2) is 24.4 Å². The monoisotopic (exact) mass is 364 g/mol. The molecule has 0 saturated carbocycles. The minimum Gasteiger partial charge on any atom is -0.451 e. The van der Waals surface area contributed by atoms with Gasteiger partial charge in [0.15, 0.2) is 6.61 Å². The summed E-state index contributed by atoms with van der Waals surface area (Å²) in [7, 11) is 0. The van der Waals surface area contributed by atoms with Crippen LogP contribution in [0.3, 0.4) is 0 Å². The van der Waals surface area contributed by atoms with Gasteiger partial charge >= 0.3 is 5.97 Å². The molecule has 0 bridgehead atoms. The van der Waals surface area contributed by atoms with E-state index in [4.69, 9.17) is 16.3 Å². The van der Waals surface area contributed by atoms with Crippen LogP contribution in [-0.2, 0) is 22.4 Å². The number of aryl methyl sites for hydroxylation is 1. The van der Waals surface area contributed by atoms with Gasteiger partial charge in [0.1, 0.15) is 10.7 Å². The Bertz CT molecular complexity index is 758. The number of amides is 1. The number of thiophene rings is 1. The molecule has 2 aromatic rings. The van der Waals surface area contributed by atoms with Gasteiger partial charge < -0.3 is 10.1 Å². The zero-order valence-corrected chi connectivity index (χ0v) is 14.7. The molecule has 2 aromatic heterocycles. The van der Waals surface area contributed by atoms with Gasteiger partial charge in [-0.25, -0.2) is 9.78 Å². The molecule has 0 unspecified atom stereocenters. The standard InChI is InChI=1S/C17H17ClN2O3S/c1-10-2-4-13-11(6-10)7-14(24-13)17(22)23-9-16(21)20-15-5-3-12(18)8-19-15/h3,5,7-8,10H,2,4,6,9H2,1H3,(H,19,20,21)/t10-/m0/s1. The number of hydrogen-bond acceptors (Lipinski definition) is 5. The van der Waals surface area contributed by atoms with Gasteiger partial charge in [-0.3, -0.25) is 4.79 Å². The van der Waals surface area contributed by atoms with E-state index in [2.05, 4.69) is 17.2 Å². The predicted molar refractivity (Wildman–Crippen MR) is 93.7 cm³/mol. The summed E-state index contributed by atoms with van der Waals surface area (Å²) in [6, 6.07) is 5.10. The van der Waals surface area contributed by atoms with Crippen LogP contribution in [0.2, 0.25) is 5.02 Å². The third kappa shape index (κ3) is 4.13. The molecular formula is C17H17ClN2O3S. The normalized spacial score (nSPS) is 16.3. The van der Waals surface area contributed by atoms with Crippen molar-refractivity contribution < 1.29 is 14.3 Å². The van der Waals surface area contributed by atoms with Gasteiger partial charge in [-0.1, -0.05) is 18.5 Å². The van der Waals surface area contributed by atoms with E-state index in [1.54, 1.807) is 12.1 Å². The number of halogens is 1. The quantitative estimate of drug-likeness (QED) is 0.839. The van der Waals surface area contributed by atoms with Gasteiger partial charge in [-0.2, -0.15) is 0 Å². The Morgan fingerprint density at radius 1 is 1.46 bits per heavy atom. The average Bonchev–Trinajstić information content (AvgIpc) is 2.98. The van der Waals surface area contributed by atoms with Crippen molar-refractivity contribution in [2.75, 3.05) is 11.9 Å². The molecule has 1 aliphatic rings. The average molecular weight is 365 g/mol. The molecule has 24 heavy (non-hydrogen) atoms. The van der Waals surface area contributed by atoms with Crippen LogP contribution in [0.5, 0.6) is 0 Å². The van der Waals surface area contributed by atoms with Crippen molar-refractivity contribution in [2.45, 2.75) is 26.2 Å². The second-order valence-electron chi connectivity index (χ2n) is 5.89. The summed E-state index contributed by atoms with van der Waals surface area (Å²) in [5.74, 6) is 0.115. The lowest BCUT2D eigenvalue weighted by molar-refractivity contribution is -0.119. The van der Waals surface area contributed by atoms with E-state index in [9.17, 15) is 9.59 Å². The fraction of sp³-hybridized carbons (Fsp3) is 0.353. The first-order valence-electron chi connectivity index (χ1n) is 7.71. The second kappa shape index (κ2) is 7.32. The molecule has 2 heterocycles. The zero-order valence-electron chi connectivity index (χ0n) is 13.2. The number of nitrogens with one attached hydrogen (secondary N) is 1. The molecule has 1 aliphatic carbocycles. The highest BCUT2D eigenvalue weighted by Gasteiger charge is 2.21. The van der Waals surface area contributed by atoms with Crippen molar-refractivity contribution in [3.05, 3.63) is 44.7 Å². The van der Waals surface area contributed by atoms with E-state index >= 15 is 0 Å². The molecule has 126 valence electrons. The Kier molecular flexibility index (Phi) is 5.16. The molecule has 0 saturated heterocycles. The van der Waals surface area contributed by atoms with Crippen molar-refractivity contribution in [3.63, 3.8) is 0 Å². The van der Waals surface area contributed by atoms with Gasteiger partial charge in [0.25, 0.3) is 5.91 Å². The summed E-state index contributed by atoms with van der Waals surface area (Å²) < 4.78 is 5.10. The first kappa shape index (κ1) is 16.9. The Labute approximate surface area is 149 Å². The highest BCUT2D eigenvalue weighted by Crippen LogP contribution is 2.32. The minimum atomic E-state index is -0.457. The Balaban J connectivity index is 1.53. The van der Waals surface area contributed by atoms with E-state index in [1.165, 1.54) is 28.0 Å². The minimum absolute atomic E-state index is 0.345.